The zero-order chi connectivity index (χ0) is 9.19. The smallest absolute Gasteiger partial charge is 0.328 e. The number of allylic oxidation sites excluding steroid dienone is 1. The minimum atomic E-state index is -0.803. The molecule has 1 saturated carbocycles. The lowest BCUT2D eigenvalue weighted by molar-refractivity contribution is -0.131. The standard InChI is InChI=1S/C10H16O2/c1-10(2)5-3-4-8(7-10)6-9(11)12/h6H,3-5,7H2,1-2H3,(H,11,12)/b8-6+. The van der Waals surface area contributed by atoms with Crippen LogP contribution < -0.4 is 0 Å². The molecule has 2 nitrogen and oxygen atoms in total. The van der Waals surface area contributed by atoms with Crippen LogP contribution in [0.2, 0.25) is 0 Å². The van der Waals surface area contributed by atoms with Gasteiger partial charge in [0, 0.05) is 6.08 Å². The van der Waals surface area contributed by atoms with Gasteiger partial charge in [-0.3, -0.25) is 0 Å². The lowest BCUT2D eigenvalue weighted by atomic mass is 9.75. The molecular formula is C10H16O2. The van der Waals surface area contributed by atoms with Gasteiger partial charge in [-0.2, -0.15) is 0 Å². The number of carboxylic acids is 1. The zero-order valence-corrected chi connectivity index (χ0v) is 7.76. The van der Waals surface area contributed by atoms with Crippen molar-refractivity contribution in [3.05, 3.63) is 11.6 Å². The normalized spacial score (nSPS) is 25.7. The molecule has 0 aromatic rings. The largest absolute Gasteiger partial charge is 0.478 e. The predicted molar refractivity (Wildman–Crippen MR) is 48.0 cm³/mol. The Labute approximate surface area is 73.3 Å². The molecule has 1 rings (SSSR count). The Balaban J connectivity index is 2.64. The highest BCUT2D eigenvalue weighted by atomic mass is 16.4. The van der Waals surface area contributed by atoms with Gasteiger partial charge >= 0.3 is 5.97 Å². The van der Waals surface area contributed by atoms with Gasteiger partial charge in [-0.25, -0.2) is 4.79 Å². The van der Waals surface area contributed by atoms with Gasteiger partial charge in [0.05, 0.1) is 0 Å². The van der Waals surface area contributed by atoms with Crippen molar-refractivity contribution in [2.24, 2.45) is 5.41 Å². The molecule has 1 aliphatic carbocycles. The third-order valence-corrected chi connectivity index (χ3v) is 2.38. The topological polar surface area (TPSA) is 37.3 Å². The van der Waals surface area contributed by atoms with Crippen LogP contribution in [0.3, 0.4) is 0 Å². The highest BCUT2D eigenvalue weighted by Crippen LogP contribution is 2.37. The third kappa shape index (κ3) is 2.68. The highest BCUT2D eigenvalue weighted by Gasteiger charge is 2.24. The van der Waals surface area contributed by atoms with Crippen LogP contribution in [0.5, 0.6) is 0 Å². The SMILES string of the molecule is CC1(C)CCC/C(=C\C(=O)O)C1. The Morgan fingerprint density at radius 3 is 2.75 bits per heavy atom. The maximum absolute atomic E-state index is 10.4. The first-order valence-electron chi connectivity index (χ1n) is 4.42. The van der Waals surface area contributed by atoms with Crippen molar-refractivity contribution >= 4 is 5.97 Å². The molecule has 0 atom stereocenters. The summed E-state index contributed by atoms with van der Waals surface area (Å²) in [7, 11) is 0. The average molecular weight is 168 g/mol. The van der Waals surface area contributed by atoms with E-state index in [1.54, 1.807) is 0 Å². The summed E-state index contributed by atoms with van der Waals surface area (Å²) in [4.78, 5) is 10.4. The summed E-state index contributed by atoms with van der Waals surface area (Å²) in [5.41, 5.74) is 1.40. The van der Waals surface area contributed by atoms with Gasteiger partial charge in [-0.05, 0) is 31.1 Å². The summed E-state index contributed by atoms with van der Waals surface area (Å²) in [6.45, 7) is 4.39. The molecule has 68 valence electrons. The molecule has 0 unspecified atom stereocenters. The van der Waals surface area contributed by atoms with Crippen molar-refractivity contribution < 1.29 is 9.90 Å². The molecule has 0 spiro atoms. The summed E-state index contributed by atoms with van der Waals surface area (Å²) >= 11 is 0. The second-order valence-corrected chi connectivity index (χ2v) is 4.34. The van der Waals surface area contributed by atoms with E-state index in [9.17, 15) is 4.79 Å². The van der Waals surface area contributed by atoms with E-state index >= 15 is 0 Å². The fourth-order valence-corrected chi connectivity index (χ4v) is 1.88. The number of carbonyl (C=O) groups is 1. The Kier molecular flexibility index (Phi) is 2.55. The predicted octanol–water partition coefficient (Wildman–Crippen LogP) is 2.60. The molecule has 1 aliphatic rings. The second kappa shape index (κ2) is 3.30. The van der Waals surface area contributed by atoms with E-state index in [1.165, 1.54) is 12.5 Å². The number of carboxylic acid groups (broad SMARTS) is 1. The van der Waals surface area contributed by atoms with Crippen molar-refractivity contribution in [3.63, 3.8) is 0 Å². The minimum absolute atomic E-state index is 0.305. The van der Waals surface area contributed by atoms with E-state index in [4.69, 9.17) is 5.11 Å². The minimum Gasteiger partial charge on any atom is -0.478 e. The van der Waals surface area contributed by atoms with Crippen LogP contribution in [0.1, 0.15) is 39.5 Å². The third-order valence-electron chi connectivity index (χ3n) is 2.38. The molecule has 0 heterocycles. The van der Waals surface area contributed by atoms with E-state index in [0.29, 0.717) is 5.41 Å². The summed E-state index contributed by atoms with van der Waals surface area (Å²) in [5, 5.41) is 8.56. The summed E-state index contributed by atoms with van der Waals surface area (Å²) in [6.07, 6.45) is 5.63. The Bertz CT molecular complexity index is 214. The molecule has 0 aromatic carbocycles. The van der Waals surface area contributed by atoms with Crippen molar-refractivity contribution in [3.8, 4) is 0 Å². The van der Waals surface area contributed by atoms with E-state index in [2.05, 4.69) is 13.8 Å². The lowest BCUT2D eigenvalue weighted by Gasteiger charge is -2.30. The number of aliphatic carboxylic acids is 1. The molecule has 0 radical (unpaired) electrons. The van der Waals surface area contributed by atoms with Crippen LogP contribution in [-0.4, -0.2) is 11.1 Å². The van der Waals surface area contributed by atoms with E-state index in [0.717, 1.165) is 24.8 Å². The zero-order valence-electron chi connectivity index (χ0n) is 7.76. The van der Waals surface area contributed by atoms with Crippen LogP contribution in [0.4, 0.5) is 0 Å². The average Bonchev–Trinajstić information content (AvgIpc) is 1.82. The van der Waals surface area contributed by atoms with Crippen molar-refractivity contribution in [1.82, 2.24) is 0 Å². The van der Waals surface area contributed by atoms with E-state index in [-0.39, 0.29) is 0 Å². The van der Waals surface area contributed by atoms with Crippen LogP contribution >= 0.6 is 0 Å². The molecule has 12 heavy (non-hydrogen) atoms. The second-order valence-electron chi connectivity index (χ2n) is 4.34. The quantitative estimate of drug-likeness (QED) is 0.611. The lowest BCUT2D eigenvalue weighted by Crippen LogP contribution is -2.17. The molecule has 0 bridgehead atoms. The van der Waals surface area contributed by atoms with Gasteiger partial charge in [0.2, 0.25) is 0 Å². The molecule has 1 N–H and O–H groups in total. The van der Waals surface area contributed by atoms with Gasteiger partial charge in [0.1, 0.15) is 0 Å². The van der Waals surface area contributed by atoms with Gasteiger partial charge in [0.25, 0.3) is 0 Å². The van der Waals surface area contributed by atoms with Gasteiger partial charge in [-0.15, -0.1) is 0 Å². The molecule has 2 heteroatoms. The van der Waals surface area contributed by atoms with E-state index < -0.39 is 5.97 Å². The van der Waals surface area contributed by atoms with Crippen LogP contribution in [0.15, 0.2) is 11.6 Å². The van der Waals surface area contributed by atoms with Crippen molar-refractivity contribution in [2.45, 2.75) is 39.5 Å². The molecule has 0 saturated heterocycles. The fourth-order valence-electron chi connectivity index (χ4n) is 1.88. The van der Waals surface area contributed by atoms with Gasteiger partial charge < -0.3 is 5.11 Å². The summed E-state index contributed by atoms with van der Waals surface area (Å²) < 4.78 is 0. The van der Waals surface area contributed by atoms with Gasteiger partial charge in [-0.1, -0.05) is 19.4 Å². The maximum Gasteiger partial charge on any atom is 0.328 e. The highest BCUT2D eigenvalue weighted by molar-refractivity contribution is 5.80. The van der Waals surface area contributed by atoms with Crippen LogP contribution in [0.25, 0.3) is 0 Å². The number of rotatable bonds is 1. The molecule has 1 fully saturated rings. The molecular weight excluding hydrogens is 152 g/mol. The molecule has 0 aliphatic heterocycles. The maximum atomic E-state index is 10.4. The molecule has 0 aromatic heterocycles. The van der Waals surface area contributed by atoms with Crippen LogP contribution in [-0.2, 0) is 4.79 Å². The summed E-state index contributed by atoms with van der Waals surface area (Å²) in [6, 6.07) is 0. The number of hydrogen-bond acceptors (Lipinski definition) is 1. The van der Waals surface area contributed by atoms with E-state index in [1.807, 2.05) is 0 Å². The van der Waals surface area contributed by atoms with Crippen LogP contribution in [0, 0.1) is 5.41 Å². The molecule has 0 amide bonds. The first-order valence-corrected chi connectivity index (χ1v) is 4.42. The first kappa shape index (κ1) is 9.30. The Morgan fingerprint density at radius 2 is 2.25 bits per heavy atom. The Hall–Kier alpha value is -0.790. The first-order chi connectivity index (χ1) is 5.49. The summed E-state index contributed by atoms with van der Waals surface area (Å²) in [5.74, 6) is -0.803. The fraction of sp³-hybridized carbons (Fsp3) is 0.700. The number of hydrogen-bond donors (Lipinski definition) is 1. The Morgan fingerprint density at radius 1 is 1.58 bits per heavy atom. The van der Waals surface area contributed by atoms with Gasteiger partial charge in [0.15, 0.2) is 0 Å². The monoisotopic (exact) mass is 168 g/mol. The van der Waals surface area contributed by atoms with Crippen molar-refractivity contribution in [1.29, 1.82) is 0 Å². The van der Waals surface area contributed by atoms with Crippen molar-refractivity contribution in [2.75, 3.05) is 0 Å².